The topological polar surface area (TPSA) is 76.5 Å². The molecule has 0 radical (unpaired) electrons. The average Bonchev–Trinajstić information content (AvgIpc) is 2.81. The number of rotatable bonds is 7. The normalized spacial score (nSPS) is 14.7. The Hall–Kier alpha value is -3.03. The van der Waals surface area contributed by atoms with E-state index in [0.717, 1.165) is 43.9 Å². The maximum atomic E-state index is 13.2. The van der Waals surface area contributed by atoms with Crippen LogP contribution in [0.2, 0.25) is 0 Å². The fourth-order valence-electron chi connectivity index (χ4n) is 3.96. The maximum Gasteiger partial charge on any atom is 0.277 e. The molecule has 0 bridgehead atoms. The van der Waals surface area contributed by atoms with Crippen molar-refractivity contribution >= 4 is 16.9 Å². The Morgan fingerprint density at radius 3 is 2.53 bits per heavy atom. The molecule has 0 saturated carbocycles. The fraction of sp³-hybridized carbons (Fsp3) is 0.400. The number of fused-ring (bicyclic) bond motifs is 1. The van der Waals surface area contributed by atoms with Crippen LogP contribution >= 0.6 is 0 Å². The van der Waals surface area contributed by atoms with E-state index in [4.69, 9.17) is 4.74 Å². The molecule has 0 aliphatic carbocycles. The lowest BCUT2D eigenvalue weighted by atomic mass is 10.1. The highest BCUT2D eigenvalue weighted by Crippen LogP contribution is 2.19. The molecule has 2 aromatic carbocycles. The van der Waals surface area contributed by atoms with Crippen LogP contribution in [0.15, 0.2) is 53.3 Å². The molecule has 7 heteroatoms. The molecule has 1 aromatic heterocycles. The van der Waals surface area contributed by atoms with Crippen molar-refractivity contribution in [1.29, 1.82) is 0 Å². The first-order valence-electron chi connectivity index (χ1n) is 11.2. The van der Waals surface area contributed by atoms with E-state index in [1.165, 1.54) is 0 Å². The zero-order valence-corrected chi connectivity index (χ0v) is 18.7. The van der Waals surface area contributed by atoms with Gasteiger partial charge in [-0.15, -0.1) is 0 Å². The number of hydrogen-bond acceptors (Lipinski definition) is 5. The van der Waals surface area contributed by atoms with Crippen LogP contribution in [-0.4, -0.2) is 59.8 Å². The van der Waals surface area contributed by atoms with E-state index in [1.54, 1.807) is 28.8 Å². The van der Waals surface area contributed by atoms with Crippen molar-refractivity contribution in [2.75, 3.05) is 39.4 Å². The number of aromatic nitrogens is 2. The van der Waals surface area contributed by atoms with Gasteiger partial charge in [-0.05, 0) is 30.2 Å². The summed E-state index contributed by atoms with van der Waals surface area (Å²) in [7, 11) is 0. The van der Waals surface area contributed by atoms with Crippen molar-refractivity contribution in [3.05, 3.63) is 64.4 Å². The molecule has 1 aliphatic heterocycles. The minimum atomic E-state index is -0.117. The van der Waals surface area contributed by atoms with Crippen LogP contribution in [0, 0.1) is 5.92 Å². The van der Waals surface area contributed by atoms with Gasteiger partial charge in [0.05, 0.1) is 24.2 Å². The van der Waals surface area contributed by atoms with Crippen molar-refractivity contribution in [2.45, 2.75) is 20.4 Å². The molecule has 2 heterocycles. The van der Waals surface area contributed by atoms with Crippen LogP contribution in [0.4, 0.5) is 0 Å². The molecule has 32 heavy (non-hydrogen) atoms. The number of benzene rings is 2. The Labute approximate surface area is 188 Å². The van der Waals surface area contributed by atoms with Crippen LogP contribution in [0.3, 0.4) is 0 Å². The lowest BCUT2D eigenvalue weighted by Crippen LogP contribution is -2.41. The fourth-order valence-corrected chi connectivity index (χ4v) is 3.96. The van der Waals surface area contributed by atoms with Gasteiger partial charge in [0, 0.05) is 43.9 Å². The first-order valence-corrected chi connectivity index (χ1v) is 11.2. The number of carbonyl (C=O) groups excluding carboxylic acids is 1. The van der Waals surface area contributed by atoms with Gasteiger partial charge in [-0.3, -0.25) is 14.5 Å². The molecule has 4 rings (SSSR count). The average molecular weight is 435 g/mol. The van der Waals surface area contributed by atoms with Crippen molar-refractivity contribution in [3.63, 3.8) is 0 Å². The first kappa shape index (κ1) is 22.2. The monoisotopic (exact) mass is 434 g/mol. The van der Waals surface area contributed by atoms with E-state index in [2.05, 4.69) is 29.0 Å². The predicted molar refractivity (Wildman–Crippen MR) is 126 cm³/mol. The lowest BCUT2D eigenvalue weighted by molar-refractivity contribution is 0.0383. The van der Waals surface area contributed by atoms with Gasteiger partial charge < -0.3 is 14.6 Å². The summed E-state index contributed by atoms with van der Waals surface area (Å²) < 4.78 is 7.14. The highest BCUT2D eigenvalue weighted by Gasteiger charge is 2.15. The summed E-state index contributed by atoms with van der Waals surface area (Å²) in [6.45, 7) is 9.50. The number of para-hydroxylation sites is 2. The molecule has 1 amide bonds. The molecule has 1 fully saturated rings. The minimum absolute atomic E-state index is 0.111. The third kappa shape index (κ3) is 5.06. The van der Waals surface area contributed by atoms with Gasteiger partial charge in [0.2, 0.25) is 0 Å². The van der Waals surface area contributed by atoms with E-state index >= 15 is 0 Å². The maximum absolute atomic E-state index is 13.2. The summed E-state index contributed by atoms with van der Waals surface area (Å²) >= 11 is 0. The van der Waals surface area contributed by atoms with Crippen molar-refractivity contribution < 1.29 is 9.53 Å². The molecule has 1 aliphatic rings. The Morgan fingerprint density at radius 1 is 1.09 bits per heavy atom. The molecular formula is C25H30N4O3. The Bertz CT molecular complexity index is 1130. The van der Waals surface area contributed by atoms with Crippen molar-refractivity contribution in [3.8, 4) is 11.3 Å². The van der Waals surface area contributed by atoms with Gasteiger partial charge in [-0.2, -0.15) is 0 Å². The number of hydrogen-bond donors (Lipinski definition) is 1. The van der Waals surface area contributed by atoms with E-state index in [0.29, 0.717) is 35.8 Å². The highest BCUT2D eigenvalue weighted by atomic mass is 16.5. The van der Waals surface area contributed by atoms with Gasteiger partial charge in [0.1, 0.15) is 5.69 Å². The van der Waals surface area contributed by atoms with E-state index in [1.807, 2.05) is 24.3 Å². The smallest absolute Gasteiger partial charge is 0.277 e. The molecule has 3 aromatic rings. The number of nitrogens with zero attached hydrogens (tertiary/aromatic N) is 3. The van der Waals surface area contributed by atoms with Crippen LogP contribution in [0.5, 0.6) is 0 Å². The van der Waals surface area contributed by atoms with Crippen LogP contribution in [-0.2, 0) is 11.3 Å². The van der Waals surface area contributed by atoms with Gasteiger partial charge in [-0.1, -0.05) is 38.1 Å². The second kappa shape index (κ2) is 10.1. The first-order chi connectivity index (χ1) is 15.5. The number of nitrogens with one attached hydrogen (secondary N) is 1. The number of amides is 1. The van der Waals surface area contributed by atoms with Crippen LogP contribution in [0.1, 0.15) is 24.2 Å². The summed E-state index contributed by atoms with van der Waals surface area (Å²) in [5, 5.41) is 2.97. The second-order valence-electron chi connectivity index (χ2n) is 8.55. The lowest BCUT2D eigenvalue weighted by Gasteiger charge is -2.26. The molecule has 7 nitrogen and oxygen atoms in total. The summed E-state index contributed by atoms with van der Waals surface area (Å²) in [4.78, 5) is 32.7. The quantitative estimate of drug-likeness (QED) is 0.619. The minimum Gasteiger partial charge on any atom is -0.379 e. The third-order valence-corrected chi connectivity index (χ3v) is 5.64. The number of morpholine rings is 1. The second-order valence-corrected chi connectivity index (χ2v) is 8.55. The number of carbonyl (C=O) groups is 1. The Morgan fingerprint density at radius 2 is 1.81 bits per heavy atom. The molecule has 0 atom stereocenters. The highest BCUT2D eigenvalue weighted by molar-refractivity contribution is 5.94. The van der Waals surface area contributed by atoms with E-state index < -0.39 is 0 Å². The SMILES string of the molecule is CC(C)Cn1c(=O)c(-c2ccc(C(=O)NCCN3CCOCC3)cc2)nc2ccccc21. The van der Waals surface area contributed by atoms with Crippen molar-refractivity contribution in [2.24, 2.45) is 5.92 Å². The van der Waals surface area contributed by atoms with Crippen LogP contribution in [0.25, 0.3) is 22.3 Å². The standard InChI is InChI=1S/C25H30N4O3/c1-18(2)17-29-22-6-4-3-5-21(22)27-23(25(29)31)19-7-9-20(10-8-19)24(30)26-11-12-28-13-15-32-16-14-28/h3-10,18H,11-17H2,1-2H3,(H,26,30). The molecule has 0 unspecified atom stereocenters. The zero-order chi connectivity index (χ0) is 22.5. The van der Waals surface area contributed by atoms with Gasteiger partial charge in [0.15, 0.2) is 0 Å². The van der Waals surface area contributed by atoms with Gasteiger partial charge >= 0.3 is 0 Å². The zero-order valence-electron chi connectivity index (χ0n) is 18.7. The molecule has 168 valence electrons. The van der Waals surface area contributed by atoms with Crippen molar-refractivity contribution in [1.82, 2.24) is 19.8 Å². The Balaban J connectivity index is 1.51. The van der Waals surface area contributed by atoms with Gasteiger partial charge in [0.25, 0.3) is 11.5 Å². The molecule has 1 N–H and O–H groups in total. The number of ether oxygens (including phenoxy) is 1. The molecular weight excluding hydrogens is 404 g/mol. The summed E-state index contributed by atoms with van der Waals surface area (Å²) in [6.07, 6.45) is 0. The summed E-state index contributed by atoms with van der Waals surface area (Å²) in [5.74, 6) is 0.211. The van der Waals surface area contributed by atoms with Gasteiger partial charge in [-0.25, -0.2) is 4.98 Å². The largest absolute Gasteiger partial charge is 0.379 e. The third-order valence-electron chi connectivity index (χ3n) is 5.64. The molecule has 0 spiro atoms. The Kier molecular flexibility index (Phi) is 6.97. The summed E-state index contributed by atoms with van der Waals surface area (Å²) in [5.41, 5.74) is 3.20. The predicted octanol–water partition coefficient (Wildman–Crippen LogP) is 2.78. The molecule has 1 saturated heterocycles. The van der Waals surface area contributed by atoms with Crippen LogP contribution < -0.4 is 10.9 Å². The van der Waals surface area contributed by atoms with E-state index in [9.17, 15) is 9.59 Å². The summed E-state index contributed by atoms with van der Waals surface area (Å²) in [6, 6.07) is 14.8. The van der Waals surface area contributed by atoms with E-state index in [-0.39, 0.29) is 11.5 Å².